The maximum atomic E-state index is 12.4. The molecule has 6 nitrogen and oxygen atoms in total. The van der Waals surface area contributed by atoms with Crippen molar-refractivity contribution in [3.05, 3.63) is 64.8 Å². The fourth-order valence-electron chi connectivity index (χ4n) is 2.46. The van der Waals surface area contributed by atoms with Crippen LogP contribution in [0.15, 0.2) is 57.9 Å². The summed E-state index contributed by atoms with van der Waals surface area (Å²) >= 11 is 0. The average molecular weight is 293 g/mol. The van der Waals surface area contributed by atoms with Crippen molar-refractivity contribution in [1.29, 1.82) is 0 Å². The van der Waals surface area contributed by atoms with Crippen LogP contribution in [0, 0.1) is 0 Å². The first-order valence-electron chi connectivity index (χ1n) is 6.71. The van der Waals surface area contributed by atoms with Gasteiger partial charge in [0.05, 0.1) is 11.2 Å². The molecule has 0 unspecified atom stereocenters. The van der Waals surface area contributed by atoms with Crippen LogP contribution < -0.4 is 11.1 Å². The minimum atomic E-state index is -0.551. The van der Waals surface area contributed by atoms with E-state index in [2.05, 4.69) is 15.3 Å². The van der Waals surface area contributed by atoms with Crippen LogP contribution in [0.25, 0.3) is 22.0 Å². The van der Waals surface area contributed by atoms with Gasteiger partial charge in [0.25, 0.3) is 5.91 Å². The van der Waals surface area contributed by atoms with E-state index < -0.39 is 5.76 Å². The highest BCUT2D eigenvalue weighted by Crippen LogP contribution is 2.22. The first-order valence-corrected chi connectivity index (χ1v) is 6.71. The van der Waals surface area contributed by atoms with Gasteiger partial charge in [-0.25, -0.2) is 4.79 Å². The molecule has 1 amide bonds. The average Bonchev–Trinajstić information content (AvgIpc) is 3.12. The van der Waals surface area contributed by atoms with E-state index in [-0.39, 0.29) is 5.91 Å². The van der Waals surface area contributed by atoms with Crippen LogP contribution in [0.5, 0.6) is 0 Å². The van der Waals surface area contributed by atoms with Crippen molar-refractivity contribution < 1.29 is 9.21 Å². The van der Waals surface area contributed by atoms with E-state index in [0.29, 0.717) is 22.4 Å². The van der Waals surface area contributed by atoms with Gasteiger partial charge in [-0.2, -0.15) is 0 Å². The lowest BCUT2D eigenvalue weighted by atomic mass is 10.1. The zero-order chi connectivity index (χ0) is 15.1. The molecule has 0 atom stereocenters. The van der Waals surface area contributed by atoms with E-state index in [0.717, 1.165) is 10.9 Å². The molecule has 3 N–H and O–H groups in total. The van der Waals surface area contributed by atoms with Crippen LogP contribution in [0.2, 0.25) is 0 Å². The third kappa shape index (κ3) is 1.98. The van der Waals surface area contributed by atoms with Crippen molar-refractivity contribution in [3.8, 4) is 0 Å². The summed E-state index contributed by atoms with van der Waals surface area (Å²) in [5, 5.41) is 3.80. The normalized spacial score (nSPS) is 11.1. The van der Waals surface area contributed by atoms with Crippen molar-refractivity contribution in [2.24, 2.45) is 0 Å². The number of para-hydroxylation sites is 1. The summed E-state index contributed by atoms with van der Waals surface area (Å²) < 4.78 is 5.06. The predicted molar refractivity (Wildman–Crippen MR) is 83.1 cm³/mol. The van der Waals surface area contributed by atoms with Crippen molar-refractivity contribution in [3.63, 3.8) is 0 Å². The fourth-order valence-corrected chi connectivity index (χ4v) is 2.46. The molecule has 0 spiro atoms. The topological polar surface area (TPSA) is 90.9 Å². The summed E-state index contributed by atoms with van der Waals surface area (Å²) in [5.41, 5.74) is 2.74. The summed E-state index contributed by atoms with van der Waals surface area (Å²) in [6, 6.07) is 12.5. The molecule has 4 aromatic rings. The van der Waals surface area contributed by atoms with Crippen molar-refractivity contribution in [2.75, 3.05) is 5.32 Å². The largest absolute Gasteiger partial charge is 0.417 e. The number of aromatic amines is 2. The Balaban J connectivity index is 1.72. The number of amides is 1. The highest BCUT2D eigenvalue weighted by molar-refractivity contribution is 6.08. The van der Waals surface area contributed by atoms with Gasteiger partial charge in [0.1, 0.15) is 0 Å². The number of aromatic nitrogens is 2. The lowest BCUT2D eigenvalue weighted by Gasteiger charge is -2.05. The first kappa shape index (κ1) is 12.5. The molecule has 0 bridgehead atoms. The number of hydrogen-bond acceptors (Lipinski definition) is 3. The van der Waals surface area contributed by atoms with Gasteiger partial charge in [0.15, 0.2) is 5.58 Å². The summed E-state index contributed by atoms with van der Waals surface area (Å²) in [4.78, 5) is 29.3. The molecular weight excluding hydrogens is 282 g/mol. The van der Waals surface area contributed by atoms with Crippen molar-refractivity contribution in [2.45, 2.75) is 0 Å². The number of H-pyrrole nitrogens is 2. The Morgan fingerprint density at radius 2 is 2.00 bits per heavy atom. The quantitative estimate of drug-likeness (QED) is 0.530. The standard InChI is InChI=1S/C16H11N3O3/c20-15(10-5-4-9-6-7-17-13(9)8-10)18-11-2-1-3-12-14(11)22-16(21)19-12/h1-8,17H,(H,18,20)(H,19,21). The minimum Gasteiger partial charge on any atom is -0.406 e. The van der Waals surface area contributed by atoms with E-state index in [9.17, 15) is 9.59 Å². The molecule has 0 saturated carbocycles. The van der Waals surface area contributed by atoms with Gasteiger partial charge < -0.3 is 14.7 Å². The van der Waals surface area contributed by atoms with Gasteiger partial charge >= 0.3 is 5.76 Å². The number of fused-ring (bicyclic) bond motifs is 2. The van der Waals surface area contributed by atoms with Gasteiger partial charge in [-0.15, -0.1) is 0 Å². The smallest absolute Gasteiger partial charge is 0.406 e. The van der Waals surface area contributed by atoms with Crippen LogP contribution in [-0.2, 0) is 0 Å². The first-order chi connectivity index (χ1) is 10.7. The van der Waals surface area contributed by atoms with E-state index in [1.807, 2.05) is 18.3 Å². The molecule has 0 aliphatic rings. The van der Waals surface area contributed by atoms with Crippen LogP contribution in [0.1, 0.15) is 10.4 Å². The Bertz CT molecular complexity index is 1060. The minimum absolute atomic E-state index is 0.271. The van der Waals surface area contributed by atoms with E-state index in [1.165, 1.54) is 0 Å². The molecule has 2 aromatic carbocycles. The zero-order valence-corrected chi connectivity index (χ0v) is 11.3. The van der Waals surface area contributed by atoms with Gasteiger partial charge in [-0.05, 0) is 35.7 Å². The summed E-state index contributed by atoms with van der Waals surface area (Å²) in [5.74, 6) is -0.822. The molecule has 0 aliphatic heterocycles. The number of hydrogen-bond donors (Lipinski definition) is 3. The van der Waals surface area contributed by atoms with E-state index >= 15 is 0 Å². The molecule has 108 valence electrons. The van der Waals surface area contributed by atoms with Crippen LogP contribution in [0.3, 0.4) is 0 Å². The third-order valence-corrected chi connectivity index (χ3v) is 3.51. The summed E-state index contributed by atoms with van der Waals surface area (Å²) in [6.07, 6.45) is 1.82. The molecule has 6 heteroatoms. The summed E-state index contributed by atoms with van der Waals surface area (Å²) in [6.45, 7) is 0. The highest BCUT2D eigenvalue weighted by atomic mass is 16.4. The number of rotatable bonds is 2. The molecule has 4 rings (SSSR count). The SMILES string of the molecule is O=C(Nc1cccc2[nH]c(=O)oc12)c1ccc2cc[nH]c2c1. The molecule has 0 fully saturated rings. The summed E-state index contributed by atoms with van der Waals surface area (Å²) in [7, 11) is 0. The molecular formula is C16H11N3O3. The van der Waals surface area contributed by atoms with Crippen LogP contribution >= 0.6 is 0 Å². The Hall–Kier alpha value is -3.28. The monoisotopic (exact) mass is 293 g/mol. The van der Waals surface area contributed by atoms with Gasteiger partial charge in [-0.1, -0.05) is 12.1 Å². The number of carbonyl (C=O) groups is 1. The molecule has 22 heavy (non-hydrogen) atoms. The van der Waals surface area contributed by atoms with E-state index in [1.54, 1.807) is 30.3 Å². The lowest BCUT2D eigenvalue weighted by Crippen LogP contribution is -2.11. The number of oxazole rings is 1. The van der Waals surface area contributed by atoms with Gasteiger partial charge in [0.2, 0.25) is 0 Å². The second kappa shape index (κ2) is 4.63. The number of carbonyl (C=O) groups excluding carboxylic acids is 1. The zero-order valence-electron chi connectivity index (χ0n) is 11.3. The Kier molecular flexibility index (Phi) is 2.62. The van der Waals surface area contributed by atoms with Crippen LogP contribution in [-0.4, -0.2) is 15.9 Å². The van der Waals surface area contributed by atoms with Gasteiger partial charge in [-0.3, -0.25) is 9.78 Å². The Labute approximate surface area is 123 Å². The maximum Gasteiger partial charge on any atom is 0.417 e. The molecule has 2 heterocycles. The Morgan fingerprint density at radius 3 is 2.91 bits per heavy atom. The Morgan fingerprint density at radius 1 is 1.09 bits per heavy atom. The molecule has 2 aromatic heterocycles. The maximum absolute atomic E-state index is 12.4. The number of nitrogens with one attached hydrogen (secondary N) is 3. The third-order valence-electron chi connectivity index (χ3n) is 3.51. The lowest BCUT2D eigenvalue weighted by molar-refractivity contribution is 0.102. The molecule has 0 radical (unpaired) electrons. The van der Waals surface area contributed by atoms with Crippen molar-refractivity contribution >= 4 is 33.6 Å². The van der Waals surface area contributed by atoms with Crippen LogP contribution in [0.4, 0.5) is 5.69 Å². The van der Waals surface area contributed by atoms with E-state index in [4.69, 9.17) is 4.42 Å². The van der Waals surface area contributed by atoms with Gasteiger partial charge in [0, 0.05) is 17.3 Å². The van der Waals surface area contributed by atoms with Crippen molar-refractivity contribution in [1.82, 2.24) is 9.97 Å². The number of anilines is 1. The second-order valence-electron chi connectivity index (χ2n) is 4.93. The molecule has 0 aliphatic carbocycles. The second-order valence-corrected chi connectivity index (χ2v) is 4.93. The predicted octanol–water partition coefficient (Wildman–Crippen LogP) is 2.85. The fraction of sp³-hybridized carbons (Fsp3) is 0. The number of benzene rings is 2. The molecule has 0 saturated heterocycles. The highest BCUT2D eigenvalue weighted by Gasteiger charge is 2.12.